The van der Waals surface area contributed by atoms with Gasteiger partial charge >= 0.3 is 0 Å². The fraction of sp³-hybridized carbons (Fsp3) is 0.800. The normalized spacial score (nSPS) is 10.1. The number of aliphatic imine (C=N–C) groups is 1. The number of rotatable bonds is 2. The van der Waals surface area contributed by atoms with Crippen LogP contribution in [-0.4, -0.2) is 38.3 Å². The van der Waals surface area contributed by atoms with Crippen LogP contribution in [0, 0.1) is 0 Å². The fourth-order valence-corrected chi connectivity index (χ4v) is 0.454. The fourth-order valence-electron chi connectivity index (χ4n) is 0.454. The van der Waals surface area contributed by atoms with Crippen molar-refractivity contribution in [2.75, 3.05) is 27.2 Å². The van der Waals surface area contributed by atoms with Gasteiger partial charge in [-0.1, -0.05) is 0 Å². The molecule has 0 heterocycles. The molecule has 0 unspecified atom stereocenters. The number of hydrogen-bond acceptors (Lipinski definition) is 2. The first-order valence-corrected chi connectivity index (χ1v) is 2.84. The molecule has 62 valence electrons. The van der Waals surface area contributed by atoms with E-state index in [-0.39, 0.29) is 23.6 Å². The van der Waals surface area contributed by atoms with Crippen molar-refractivity contribution in [2.45, 2.75) is 0 Å². The van der Waals surface area contributed by atoms with Gasteiger partial charge in [-0.05, 0) is 0 Å². The maximum absolute atomic E-state index is 8.36. The van der Waals surface area contributed by atoms with Gasteiger partial charge in [0.2, 0.25) is 0 Å². The first-order chi connectivity index (χ1) is 4.35. The van der Waals surface area contributed by atoms with Crippen molar-refractivity contribution in [3.63, 3.8) is 0 Å². The smallest absolute Gasteiger partial charge is 0.190 e. The molecule has 0 saturated heterocycles. The molecule has 0 rings (SSSR count). The van der Waals surface area contributed by atoms with Crippen molar-refractivity contribution in [3.05, 3.63) is 0 Å². The van der Waals surface area contributed by atoms with Crippen molar-refractivity contribution in [2.24, 2.45) is 4.99 Å². The van der Waals surface area contributed by atoms with Crippen LogP contribution in [-0.2, 0) is 0 Å². The van der Waals surface area contributed by atoms with Crippen LogP contribution in [0.2, 0.25) is 0 Å². The predicted molar refractivity (Wildman–Crippen MR) is 47.8 cm³/mol. The minimum atomic E-state index is 0. The van der Waals surface area contributed by atoms with Gasteiger partial charge in [-0.25, -0.2) is 0 Å². The third kappa shape index (κ3) is 5.84. The molecule has 4 nitrogen and oxygen atoms in total. The van der Waals surface area contributed by atoms with Crippen LogP contribution >= 0.6 is 17.0 Å². The predicted octanol–water partition coefficient (Wildman–Crippen LogP) is -0.649. The molecule has 5 heteroatoms. The van der Waals surface area contributed by atoms with E-state index >= 15 is 0 Å². The Morgan fingerprint density at radius 1 is 1.60 bits per heavy atom. The quantitative estimate of drug-likeness (QED) is 0.421. The summed E-state index contributed by atoms with van der Waals surface area (Å²) >= 11 is 0. The summed E-state index contributed by atoms with van der Waals surface area (Å²) in [5.41, 5.74) is 0. The molecule has 0 bridgehead atoms. The van der Waals surface area contributed by atoms with Gasteiger partial charge in [0.15, 0.2) is 5.96 Å². The lowest BCUT2D eigenvalue weighted by Crippen LogP contribution is -2.36. The van der Waals surface area contributed by atoms with Crippen LogP contribution in [0.25, 0.3) is 0 Å². The molecule has 3 N–H and O–H groups in total. The summed E-state index contributed by atoms with van der Waals surface area (Å²) in [5.74, 6) is 0.698. The van der Waals surface area contributed by atoms with Crippen LogP contribution in [0.4, 0.5) is 0 Å². The van der Waals surface area contributed by atoms with Crippen LogP contribution in [0.15, 0.2) is 4.99 Å². The molecule has 0 fully saturated rings. The molecule has 0 aliphatic carbocycles. The lowest BCUT2D eigenvalue weighted by Gasteiger charge is -2.04. The number of guanidine groups is 1. The summed E-state index contributed by atoms with van der Waals surface area (Å²) in [6, 6.07) is 0. The molecular formula is C5H14BrN3O. The third-order valence-corrected chi connectivity index (χ3v) is 0.865. The van der Waals surface area contributed by atoms with Gasteiger partial charge < -0.3 is 15.7 Å². The summed E-state index contributed by atoms with van der Waals surface area (Å²) in [6.45, 7) is 0.661. The Morgan fingerprint density at radius 3 is 2.50 bits per heavy atom. The lowest BCUT2D eigenvalue weighted by atomic mass is 10.7. The second-order valence-corrected chi connectivity index (χ2v) is 1.47. The summed E-state index contributed by atoms with van der Waals surface area (Å²) in [4.78, 5) is 3.83. The first kappa shape index (κ1) is 12.4. The van der Waals surface area contributed by atoms with Crippen LogP contribution in [0.3, 0.4) is 0 Å². The van der Waals surface area contributed by atoms with Crippen molar-refractivity contribution >= 4 is 22.9 Å². The Kier molecular flexibility index (Phi) is 10.8. The van der Waals surface area contributed by atoms with E-state index in [1.807, 2.05) is 0 Å². The molecule has 0 amide bonds. The summed E-state index contributed by atoms with van der Waals surface area (Å²) in [7, 11) is 3.45. The van der Waals surface area contributed by atoms with Crippen molar-refractivity contribution in [1.29, 1.82) is 0 Å². The summed E-state index contributed by atoms with van der Waals surface area (Å²) < 4.78 is 0. The minimum Gasteiger partial charge on any atom is -0.395 e. The number of aliphatic hydroxyl groups is 1. The van der Waals surface area contributed by atoms with E-state index < -0.39 is 0 Å². The van der Waals surface area contributed by atoms with Gasteiger partial charge in [0.1, 0.15) is 0 Å². The third-order valence-electron chi connectivity index (χ3n) is 0.865. The molecule has 0 radical (unpaired) electrons. The zero-order valence-corrected chi connectivity index (χ0v) is 7.93. The molecule has 0 aliphatic heterocycles. The highest BCUT2D eigenvalue weighted by Gasteiger charge is 1.87. The van der Waals surface area contributed by atoms with Crippen molar-refractivity contribution in [3.8, 4) is 0 Å². The van der Waals surface area contributed by atoms with E-state index in [2.05, 4.69) is 15.6 Å². The van der Waals surface area contributed by atoms with E-state index in [0.29, 0.717) is 12.5 Å². The monoisotopic (exact) mass is 211 g/mol. The molecule has 0 spiro atoms. The van der Waals surface area contributed by atoms with Crippen molar-refractivity contribution in [1.82, 2.24) is 10.6 Å². The highest BCUT2D eigenvalue weighted by atomic mass is 79.9. The highest BCUT2D eigenvalue weighted by molar-refractivity contribution is 8.93. The van der Waals surface area contributed by atoms with Gasteiger partial charge in [0.05, 0.1) is 6.61 Å². The SMILES string of the molecule is Br.CN=C(NC)NCCO. The van der Waals surface area contributed by atoms with Crippen molar-refractivity contribution < 1.29 is 5.11 Å². The Labute approximate surface area is 71.5 Å². The maximum Gasteiger partial charge on any atom is 0.190 e. The molecule has 0 aromatic heterocycles. The lowest BCUT2D eigenvalue weighted by molar-refractivity contribution is 0.300. The van der Waals surface area contributed by atoms with Crippen LogP contribution in [0.1, 0.15) is 0 Å². The van der Waals surface area contributed by atoms with E-state index in [1.165, 1.54) is 0 Å². The molecule has 0 aromatic carbocycles. The van der Waals surface area contributed by atoms with E-state index in [9.17, 15) is 0 Å². The number of hydrogen-bond donors (Lipinski definition) is 3. The maximum atomic E-state index is 8.36. The average molecular weight is 212 g/mol. The van der Waals surface area contributed by atoms with Gasteiger partial charge in [-0.2, -0.15) is 0 Å². The Bertz CT molecular complexity index is 96.9. The summed E-state index contributed by atoms with van der Waals surface area (Å²) in [6.07, 6.45) is 0. The zero-order valence-electron chi connectivity index (χ0n) is 6.22. The average Bonchev–Trinajstić information content (AvgIpc) is 1.91. The second-order valence-electron chi connectivity index (χ2n) is 1.47. The molecule has 0 saturated carbocycles. The Balaban J connectivity index is 0. The summed E-state index contributed by atoms with van der Waals surface area (Å²) in [5, 5.41) is 14.0. The minimum absolute atomic E-state index is 0. The zero-order chi connectivity index (χ0) is 7.11. The standard InChI is InChI=1S/C5H13N3O.BrH/c1-6-5(7-2)8-3-4-9;/h9H,3-4H2,1-2H3,(H2,6,7,8);1H. The van der Waals surface area contributed by atoms with E-state index in [4.69, 9.17) is 5.11 Å². The van der Waals surface area contributed by atoms with E-state index in [0.717, 1.165) is 0 Å². The number of nitrogens with one attached hydrogen (secondary N) is 2. The highest BCUT2D eigenvalue weighted by Crippen LogP contribution is 1.61. The van der Waals surface area contributed by atoms with Gasteiger partial charge in [-0.15, -0.1) is 17.0 Å². The molecule has 0 aromatic rings. The Morgan fingerprint density at radius 2 is 2.20 bits per heavy atom. The number of aliphatic hydroxyl groups excluding tert-OH is 1. The van der Waals surface area contributed by atoms with Crippen LogP contribution < -0.4 is 10.6 Å². The first-order valence-electron chi connectivity index (χ1n) is 2.84. The number of halogens is 1. The Hall–Kier alpha value is -0.290. The topological polar surface area (TPSA) is 56.7 Å². The largest absolute Gasteiger partial charge is 0.395 e. The van der Waals surface area contributed by atoms with Gasteiger partial charge in [0, 0.05) is 20.6 Å². The van der Waals surface area contributed by atoms with E-state index in [1.54, 1.807) is 14.1 Å². The molecule has 0 aliphatic rings. The number of nitrogens with zero attached hydrogens (tertiary/aromatic N) is 1. The van der Waals surface area contributed by atoms with Gasteiger partial charge in [0.25, 0.3) is 0 Å². The molecule has 10 heavy (non-hydrogen) atoms. The molecular weight excluding hydrogens is 198 g/mol. The van der Waals surface area contributed by atoms with Gasteiger partial charge in [-0.3, -0.25) is 4.99 Å². The second kappa shape index (κ2) is 8.71. The molecule has 0 atom stereocenters. The van der Waals surface area contributed by atoms with Crippen LogP contribution in [0.5, 0.6) is 0 Å².